The maximum Gasteiger partial charge on any atom is 0.262 e. The summed E-state index contributed by atoms with van der Waals surface area (Å²) in [6.07, 6.45) is 4.44. The van der Waals surface area contributed by atoms with Gasteiger partial charge in [0.25, 0.3) is 10.0 Å². The molecule has 0 radical (unpaired) electrons. The summed E-state index contributed by atoms with van der Waals surface area (Å²) in [7, 11) is -2.20. The summed E-state index contributed by atoms with van der Waals surface area (Å²) >= 11 is 0. The van der Waals surface area contributed by atoms with Crippen LogP contribution in [0.15, 0.2) is 58.4 Å². The van der Waals surface area contributed by atoms with Crippen molar-refractivity contribution in [3.05, 3.63) is 54.1 Å². The van der Waals surface area contributed by atoms with Gasteiger partial charge in [-0.3, -0.25) is 14.5 Å². The standard InChI is InChI=1S/C22H25N3O5S/c1-3-30-19-11-9-16(14-20(19)29-2)10-12-22(26)24-17-6-4-7-18(15-17)31(27,28)25-21-8-5-13-23-21/h4,6-7,9-12,14-15H,3,5,8,13H2,1-2H3,(H,23,25)(H,24,26). The smallest absolute Gasteiger partial charge is 0.262 e. The summed E-state index contributed by atoms with van der Waals surface area (Å²) in [4.78, 5) is 16.5. The Kier molecular flexibility index (Phi) is 7.30. The van der Waals surface area contributed by atoms with Crippen molar-refractivity contribution in [2.45, 2.75) is 24.7 Å². The van der Waals surface area contributed by atoms with E-state index in [1.54, 1.807) is 37.5 Å². The Morgan fingerprint density at radius 1 is 1.19 bits per heavy atom. The predicted octanol–water partition coefficient (Wildman–Crippen LogP) is 3.22. The molecule has 0 spiro atoms. The highest BCUT2D eigenvalue weighted by Gasteiger charge is 2.18. The van der Waals surface area contributed by atoms with Crippen molar-refractivity contribution in [2.24, 2.45) is 4.99 Å². The van der Waals surface area contributed by atoms with E-state index in [2.05, 4.69) is 15.0 Å². The Labute approximate surface area is 182 Å². The second kappa shape index (κ2) is 10.1. The normalized spacial score (nSPS) is 13.7. The molecule has 1 amide bonds. The second-order valence-electron chi connectivity index (χ2n) is 6.73. The Bertz CT molecular complexity index is 1110. The fourth-order valence-electron chi connectivity index (χ4n) is 3.00. The molecule has 0 bridgehead atoms. The van der Waals surface area contributed by atoms with Gasteiger partial charge in [0.15, 0.2) is 11.5 Å². The fraction of sp³-hybridized carbons (Fsp3) is 0.273. The number of anilines is 1. The number of sulfonamides is 1. The minimum atomic E-state index is -3.75. The Morgan fingerprint density at radius 2 is 2.03 bits per heavy atom. The minimum Gasteiger partial charge on any atom is -0.493 e. The molecule has 1 aliphatic heterocycles. The van der Waals surface area contributed by atoms with Crippen LogP contribution in [0.1, 0.15) is 25.3 Å². The van der Waals surface area contributed by atoms with Gasteiger partial charge in [-0.05, 0) is 55.3 Å². The van der Waals surface area contributed by atoms with Gasteiger partial charge in [0.1, 0.15) is 5.84 Å². The van der Waals surface area contributed by atoms with Crippen LogP contribution in [0.3, 0.4) is 0 Å². The van der Waals surface area contributed by atoms with Gasteiger partial charge in [-0.15, -0.1) is 0 Å². The van der Waals surface area contributed by atoms with Gasteiger partial charge in [-0.2, -0.15) is 0 Å². The molecule has 1 heterocycles. The number of methoxy groups -OCH3 is 1. The number of amides is 1. The number of ether oxygens (including phenoxy) is 2. The van der Waals surface area contributed by atoms with Crippen LogP contribution in [0.5, 0.6) is 11.5 Å². The number of rotatable bonds is 8. The highest BCUT2D eigenvalue weighted by molar-refractivity contribution is 7.90. The zero-order valence-electron chi connectivity index (χ0n) is 17.4. The fourth-order valence-corrected chi connectivity index (χ4v) is 4.13. The lowest BCUT2D eigenvalue weighted by Crippen LogP contribution is -2.29. The van der Waals surface area contributed by atoms with Gasteiger partial charge >= 0.3 is 0 Å². The molecule has 3 rings (SSSR count). The van der Waals surface area contributed by atoms with Gasteiger partial charge in [-0.25, -0.2) is 8.42 Å². The topological polar surface area (TPSA) is 106 Å². The van der Waals surface area contributed by atoms with Crippen LogP contribution < -0.4 is 19.5 Å². The van der Waals surface area contributed by atoms with E-state index in [9.17, 15) is 13.2 Å². The summed E-state index contributed by atoms with van der Waals surface area (Å²) < 4.78 is 38.3. The number of hydrogen-bond donors (Lipinski definition) is 2. The molecular weight excluding hydrogens is 418 g/mol. The van der Waals surface area contributed by atoms with E-state index in [1.807, 2.05) is 13.0 Å². The van der Waals surface area contributed by atoms with E-state index in [0.717, 1.165) is 12.0 Å². The number of carbonyl (C=O) groups is 1. The number of aliphatic imine (C=N–C) groups is 1. The lowest BCUT2D eigenvalue weighted by atomic mass is 10.2. The van der Waals surface area contributed by atoms with Crippen LogP contribution in [0.4, 0.5) is 5.69 Å². The number of amidine groups is 1. The lowest BCUT2D eigenvalue weighted by Gasteiger charge is -2.10. The second-order valence-corrected chi connectivity index (χ2v) is 8.41. The van der Waals surface area contributed by atoms with E-state index < -0.39 is 15.9 Å². The van der Waals surface area contributed by atoms with Crippen LogP contribution in [0.2, 0.25) is 0 Å². The monoisotopic (exact) mass is 443 g/mol. The molecule has 0 unspecified atom stereocenters. The number of benzene rings is 2. The first-order chi connectivity index (χ1) is 14.9. The van der Waals surface area contributed by atoms with Crippen LogP contribution in [-0.2, 0) is 14.8 Å². The van der Waals surface area contributed by atoms with Crippen molar-refractivity contribution in [3.63, 3.8) is 0 Å². The third-order valence-corrected chi connectivity index (χ3v) is 5.83. The summed E-state index contributed by atoms with van der Waals surface area (Å²) in [6.45, 7) is 3.03. The van der Waals surface area contributed by atoms with E-state index in [1.165, 1.54) is 18.2 Å². The van der Waals surface area contributed by atoms with Crippen molar-refractivity contribution in [2.75, 3.05) is 25.6 Å². The summed E-state index contributed by atoms with van der Waals surface area (Å²) in [6, 6.07) is 11.4. The zero-order valence-corrected chi connectivity index (χ0v) is 18.2. The van der Waals surface area contributed by atoms with Crippen molar-refractivity contribution < 1.29 is 22.7 Å². The van der Waals surface area contributed by atoms with Gasteiger partial charge in [0.05, 0.1) is 18.6 Å². The molecular formula is C22H25N3O5S. The molecule has 31 heavy (non-hydrogen) atoms. The largest absolute Gasteiger partial charge is 0.493 e. The van der Waals surface area contributed by atoms with Crippen molar-refractivity contribution in [1.29, 1.82) is 0 Å². The molecule has 0 saturated heterocycles. The quantitative estimate of drug-likeness (QED) is 0.610. The summed E-state index contributed by atoms with van der Waals surface area (Å²) in [5.74, 6) is 1.27. The molecule has 1 aliphatic rings. The molecule has 0 fully saturated rings. The molecule has 8 nitrogen and oxygen atoms in total. The highest BCUT2D eigenvalue weighted by atomic mass is 32.2. The van der Waals surface area contributed by atoms with Gasteiger partial charge < -0.3 is 14.8 Å². The van der Waals surface area contributed by atoms with E-state index in [0.29, 0.717) is 42.6 Å². The Hall–Kier alpha value is -3.33. The lowest BCUT2D eigenvalue weighted by molar-refractivity contribution is -0.111. The number of carbonyl (C=O) groups excluding carboxylic acids is 1. The third-order valence-electron chi connectivity index (χ3n) is 4.45. The van der Waals surface area contributed by atoms with E-state index in [4.69, 9.17) is 9.47 Å². The first-order valence-corrected chi connectivity index (χ1v) is 11.4. The first-order valence-electron chi connectivity index (χ1n) is 9.87. The number of hydrogen-bond acceptors (Lipinski definition) is 6. The van der Waals surface area contributed by atoms with Gasteiger partial charge in [0.2, 0.25) is 5.91 Å². The first kappa shape index (κ1) is 22.4. The number of nitrogens with zero attached hydrogens (tertiary/aromatic N) is 1. The number of nitrogens with one attached hydrogen (secondary N) is 2. The molecule has 164 valence electrons. The van der Waals surface area contributed by atoms with E-state index in [-0.39, 0.29) is 4.90 Å². The van der Waals surface area contributed by atoms with Crippen molar-refractivity contribution >= 4 is 33.5 Å². The molecule has 2 aromatic carbocycles. The van der Waals surface area contributed by atoms with Crippen LogP contribution in [0.25, 0.3) is 6.08 Å². The summed E-state index contributed by atoms with van der Waals surface area (Å²) in [5, 5.41) is 2.67. The Balaban J connectivity index is 1.67. The Morgan fingerprint density at radius 3 is 2.74 bits per heavy atom. The third kappa shape index (κ3) is 6.08. The molecule has 2 aromatic rings. The molecule has 0 aromatic heterocycles. The maximum absolute atomic E-state index is 12.5. The highest BCUT2D eigenvalue weighted by Crippen LogP contribution is 2.28. The van der Waals surface area contributed by atoms with Gasteiger partial charge in [0, 0.05) is 24.7 Å². The van der Waals surface area contributed by atoms with Crippen LogP contribution in [0, 0.1) is 0 Å². The molecule has 2 N–H and O–H groups in total. The van der Waals surface area contributed by atoms with Gasteiger partial charge in [-0.1, -0.05) is 12.1 Å². The maximum atomic E-state index is 12.5. The SMILES string of the molecule is CCOc1ccc(C=CC(=O)Nc2cccc(S(=O)(=O)NC3=NCCC3)c2)cc1OC. The van der Waals surface area contributed by atoms with Crippen molar-refractivity contribution in [3.8, 4) is 11.5 Å². The summed E-state index contributed by atoms with van der Waals surface area (Å²) in [5.41, 5.74) is 1.13. The predicted molar refractivity (Wildman–Crippen MR) is 120 cm³/mol. The average molecular weight is 444 g/mol. The molecule has 0 aliphatic carbocycles. The van der Waals surface area contributed by atoms with Crippen LogP contribution >= 0.6 is 0 Å². The van der Waals surface area contributed by atoms with Crippen molar-refractivity contribution in [1.82, 2.24) is 4.72 Å². The molecule has 9 heteroatoms. The average Bonchev–Trinajstić information content (AvgIpc) is 3.25. The minimum absolute atomic E-state index is 0.0557. The van der Waals surface area contributed by atoms with E-state index >= 15 is 0 Å². The zero-order chi connectivity index (χ0) is 22.3. The molecule has 0 atom stereocenters. The molecule has 0 saturated carbocycles. The van der Waals surface area contributed by atoms with Crippen LogP contribution in [-0.4, -0.2) is 40.4 Å².